The van der Waals surface area contributed by atoms with Crippen molar-refractivity contribution >= 4 is 33.3 Å². The summed E-state index contributed by atoms with van der Waals surface area (Å²) >= 11 is 5.88. The fraction of sp³-hybridized carbons (Fsp3) is 0. The van der Waals surface area contributed by atoms with E-state index >= 15 is 0 Å². The molecule has 0 saturated heterocycles. The number of hydrogen-bond donors (Lipinski definition) is 2. The van der Waals surface area contributed by atoms with Gasteiger partial charge in [-0.05, 0) is 30.3 Å². The van der Waals surface area contributed by atoms with Crippen LogP contribution >= 0.6 is 11.6 Å². The van der Waals surface area contributed by atoms with Crippen molar-refractivity contribution in [2.24, 2.45) is 0 Å². The Hall–Kier alpha value is -1.89. The summed E-state index contributed by atoms with van der Waals surface area (Å²) in [6.07, 6.45) is 0. The highest BCUT2D eigenvalue weighted by atomic mass is 35.5. The summed E-state index contributed by atoms with van der Waals surface area (Å²) in [5.41, 5.74) is 0.704. The number of anilines is 1. The Morgan fingerprint density at radius 1 is 1.10 bits per heavy atom. The maximum Gasteiger partial charge on any atom is 0.294 e. The lowest BCUT2D eigenvalue weighted by Gasteiger charge is -2.08. The molecule has 104 valence electrons. The maximum absolute atomic E-state index is 11.9. The van der Waals surface area contributed by atoms with Crippen LogP contribution in [0.4, 0.5) is 5.69 Å². The first-order chi connectivity index (χ1) is 9.38. The molecule has 0 heterocycles. The van der Waals surface area contributed by atoms with Crippen molar-refractivity contribution in [2.75, 3.05) is 5.32 Å². The van der Waals surface area contributed by atoms with Crippen molar-refractivity contribution in [1.82, 2.24) is 0 Å². The van der Waals surface area contributed by atoms with E-state index in [4.69, 9.17) is 16.2 Å². The second-order valence-electron chi connectivity index (χ2n) is 3.94. The molecule has 20 heavy (non-hydrogen) atoms. The summed E-state index contributed by atoms with van der Waals surface area (Å²) in [5, 5.41) is 2.58. The molecule has 0 aliphatic heterocycles. The molecule has 0 aliphatic rings. The van der Waals surface area contributed by atoms with Gasteiger partial charge in [-0.3, -0.25) is 9.35 Å². The summed E-state index contributed by atoms with van der Waals surface area (Å²) in [4.78, 5) is 11.6. The normalized spacial score (nSPS) is 11.1. The first-order valence-corrected chi connectivity index (χ1v) is 7.33. The van der Waals surface area contributed by atoms with Gasteiger partial charge < -0.3 is 5.32 Å². The van der Waals surface area contributed by atoms with Gasteiger partial charge in [0.05, 0.1) is 15.6 Å². The van der Waals surface area contributed by atoms with Crippen LogP contribution in [0, 0.1) is 0 Å². The number of carbonyl (C=O) groups excluding carboxylic acids is 1. The fourth-order valence-corrected chi connectivity index (χ4v) is 2.34. The number of halogens is 1. The lowest BCUT2D eigenvalue weighted by molar-refractivity contribution is 0.102. The molecule has 0 unspecified atom stereocenters. The van der Waals surface area contributed by atoms with Crippen LogP contribution in [0.15, 0.2) is 53.4 Å². The third-order valence-corrected chi connectivity index (χ3v) is 3.68. The minimum atomic E-state index is -4.32. The molecule has 0 radical (unpaired) electrons. The van der Waals surface area contributed by atoms with Crippen LogP contribution in [0.2, 0.25) is 5.02 Å². The first kappa shape index (κ1) is 14.5. The van der Waals surface area contributed by atoms with Crippen LogP contribution in [0.3, 0.4) is 0 Å². The van der Waals surface area contributed by atoms with E-state index in [2.05, 4.69) is 5.32 Å². The largest absolute Gasteiger partial charge is 0.321 e. The van der Waals surface area contributed by atoms with Crippen LogP contribution in [-0.2, 0) is 10.1 Å². The molecule has 2 aromatic carbocycles. The van der Waals surface area contributed by atoms with Crippen LogP contribution < -0.4 is 5.32 Å². The van der Waals surface area contributed by atoms with Crippen LogP contribution in [0.5, 0.6) is 0 Å². The molecular formula is C13H10ClNO4S. The number of carbonyl (C=O) groups is 1. The van der Waals surface area contributed by atoms with E-state index in [1.54, 1.807) is 30.3 Å². The second-order valence-corrected chi connectivity index (χ2v) is 5.77. The van der Waals surface area contributed by atoms with Gasteiger partial charge in [0.15, 0.2) is 0 Å². The van der Waals surface area contributed by atoms with Gasteiger partial charge in [-0.1, -0.05) is 29.8 Å². The number of amides is 1. The molecule has 5 nitrogen and oxygen atoms in total. The molecule has 0 atom stereocenters. The van der Waals surface area contributed by atoms with E-state index in [0.717, 1.165) is 12.1 Å². The minimum absolute atomic E-state index is 0.0180. The van der Waals surface area contributed by atoms with Crippen molar-refractivity contribution in [3.63, 3.8) is 0 Å². The Balaban J connectivity index is 2.25. The van der Waals surface area contributed by atoms with E-state index < -0.39 is 10.1 Å². The predicted octanol–water partition coefficient (Wildman–Crippen LogP) is 2.84. The zero-order valence-electron chi connectivity index (χ0n) is 10.1. The van der Waals surface area contributed by atoms with E-state index in [1.807, 2.05) is 0 Å². The van der Waals surface area contributed by atoms with Gasteiger partial charge in [0.2, 0.25) is 0 Å². The van der Waals surface area contributed by atoms with E-state index in [9.17, 15) is 13.2 Å². The minimum Gasteiger partial charge on any atom is -0.321 e. The summed E-state index contributed by atoms with van der Waals surface area (Å²) < 4.78 is 30.8. The number of hydrogen-bond acceptors (Lipinski definition) is 3. The van der Waals surface area contributed by atoms with E-state index in [0.29, 0.717) is 5.56 Å². The molecule has 7 heteroatoms. The van der Waals surface area contributed by atoms with Crippen molar-refractivity contribution in [3.05, 3.63) is 59.1 Å². The van der Waals surface area contributed by atoms with Crippen molar-refractivity contribution in [3.8, 4) is 0 Å². The predicted molar refractivity (Wildman–Crippen MR) is 75.7 cm³/mol. The number of nitrogens with one attached hydrogen (secondary N) is 1. The standard InChI is InChI=1S/C13H10ClNO4S/c14-11-8-10(20(17,18)19)6-7-12(11)15-13(16)9-4-2-1-3-5-9/h1-8H,(H,15,16)(H,17,18,19). The van der Waals surface area contributed by atoms with Gasteiger partial charge in [0.1, 0.15) is 0 Å². The first-order valence-electron chi connectivity index (χ1n) is 5.51. The Morgan fingerprint density at radius 3 is 2.30 bits per heavy atom. The van der Waals surface area contributed by atoms with Crippen molar-refractivity contribution in [1.29, 1.82) is 0 Å². The van der Waals surface area contributed by atoms with Gasteiger partial charge in [0, 0.05) is 5.56 Å². The SMILES string of the molecule is O=C(Nc1ccc(S(=O)(=O)O)cc1Cl)c1ccccc1. The highest BCUT2D eigenvalue weighted by Gasteiger charge is 2.13. The average molecular weight is 312 g/mol. The third-order valence-electron chi connectivity index (χ3n) is 2.52. The van der Waals surface area contributed by atoms with E-state index in [-0.39, 0.29) is 21.5 Å². The van der Waals surface area contributed by atoms with Crippen LogP contribution in [-0.4, -0.2) is 18.9 Å². The molecule has 0 spiro atoms. The highest BCUT2D eigenvalue weighted by Crippen LogP contribution is 2.25. The number of benzene rings is 2. The molecule has 1 amide bonds. The number of rotatable bonds is 3. The maximum atomic E-state index is 11.9. The average Bonchev–Trinajstić information content (AvgIpc) is 2.41. The molecular weight excluding hydrogens is 302 g/mol. The Morgan fingerprint density at radius 2 is 1.75 bits per heavy atom. The third kappa shape index (κ3) is 3.36. The van der Waals surface area contributed by atoms with Gasteiger partial charge in [-0.25, -0.2) is 0 Å². The molecule has 2 rings (SSSR count). The lowest BCUT2D eigenvalue weighted by Crippen LogP contribution is -2.12. The smallest absolute Gasteiger partial charge is 0.294 e. The van der Waals surface area contributed by atoms with Gasteiger partial charge in [0.25, 0.3) is 16.0 Å². The summed E-state index contributed by atoms with van der Waals surface area (Å²) in [5.74, 6) is -0.368. The Bertz CT molecular complexity index is 744. The lowest BCUT2D eigenvalue weighted by atomic mass is 10.2. The molecule has 0 fully saturated rings. The zero-order chi connectivity index (χ0) is 14.8. The van der Waals surface area contributed by atoms with Crippen molar-refractivity contribution < 1.29 is 17.8 Å². The van der Waals surface area contributed by atoms with Crippen LogP contribution in [0.1, 0.15) is 10.4 Å². The monoisotopic (exact) mass is 311 g/mol. The molecule has 2 aromatic rings. The second kappa shape index (κ2) is 5.62. The molecule has 2 N–H and O–H groups in total. The molecule has 0 aliphatic carbocycles. The quantitative estimate of drug-likeness (QED) is 0.854. The van der Waals surface area contributed by atoms with Crippen LogP contribution in [0.25, 0.3) is 0 Å². The highest BCUT2D eigenvalue weighted by molar-refractivity contribution is 7.85. The molecule has 0 saturated carbocycles. The molecule has 0 aromatic heterocycles. The Labute approximate surface area is 120 Å². The fourth-order valence-electron chi connectivity index (χ4n) is 1.54. The summed E-state index contributed by atoms with van der Waals surface area (Å²) in [6, 6.07) is 12.0. The zero-order valence-corrected chi connectivity index (χ0v) is 11.6. The molecule has 0 bridgehead atoms. The van der Waals surface area contributed by atoms with E-state index in [1.165, 1.54) is 6.07 Å². The summed E-state index contributed by atoms with van der Waals surface area (Å²) in [7, 11) is -4.32. The summed E-state index contributed by atoms with van der Waals surface area (Å²) in [6.45, 7) is 0. The Kier molecular flexibility index (Phi) is 4.08. The topological polar surface area (TPSA) is 83.5 Å². The van der Waals surface area contributed by atoms with Gasteiger partial charge in [-0.15, -0.1) is 0 Å². The van der Waals surface area contributed by atoms with Gasteiger partial charge in [-0.2, -0.15) is 8.42 Å². The van der Waals surface area contributed by atoms with Gasteiger partial charge >= 0.3 is 0 Å². The van der Waals surface area contributed by atoms with Crippen molar-refractivity contribution in [2.45, 2.75) is 4.90 Å².